The first-order chi connectivity index (χ1) is 15.3. The summed E-state index contributed by atoms with van der Waals surface area (Å²) in [4.78, 5) is 0. The maximum Gasteiger partial charge on any atom is 0.221 e. The zero-order chi connectivity index (χ0) is 22.9. The van der Waals surface area contributed by atoms with Crippen LogP contribution in [0.4, 0.5) is 0 Å². The first kappa shape index (κ1) is 21.7. The summed E-state index contributed by atoms with van der Waals surface area (Å²) in [6, 6.07) is 14.6. The lowest BCUT2D eigenvalue weighted by molar-refractivity contribution is -0.765. The fourth-order valence-corrected chi connectivity index (χ4v) is 7.44. The van der Waals surface area contributed by atoms with Gasteiger partial charge < -0.3 is 0 Å². The lowest BCUT2D eigenvalue weighted by Crippen LogP contribution is -2.68. The molecule has 1 aromatic heterocycles. The molecule has 2 heterocycles. The third-order valence-corrected chi connectivity index (χ3v) is 9.55. The molecule has 1 aliphatic carbocycles. The molecule has 5 rings (SSSR count). The molecule has 32 heavy (non-hydrogen) atoms. The lowest BCUT2D eigenvalue weighted by Gasteiger charge is -2.50. The predicted octanol–water partition coefficient (Wildman–Crippen LogP) is 7.97. The van der Waals surface area contributed by atoms with Crippen LogP contribution in [0.2, 0.25) is 0 Å². The molecule has 1 aliphatic heterocycles. The summed E-state index contributed by atoms with van der Waals surface area (Å²) in [6.07, 6.45) is 9.56. The van der Waals surface area contributed by atoms with Gasteiger partial charge in [0.2, 0.25) is 5.69 Å². The van der Waals surface area contributed by atoms with E-state index in [0.717, 1.165) is 19.3 Å². The van der Waals surface area contributed by atoms with E-state index in [9.17, 15) is 0 Å². The molecule has 3 aromatic rings. The number of hydrogen-bond acceptors (Lipinski definition) is 0. The molecule has 1 unspecified atom stereocenters. The molecule has 1 atom stereocenters. The molecule has 1 heteroatoms. The monoisotopic (exact) mass is 426 g/mol. The Morgan fingerprint density at radius 2 is 1.53 bits per heavy atom. The van der Waals surface area contributed by atoms with Crippen molar-refractivity contribution in [1.82, 2.24) is 0 Å². The highest BCUT2D eigenvalue weighted by molar-refractivity contribution is 6.01. The zero-order valence-electron chi connectivity index (χ0n) is 21.2. The zero-order valence-corrected chi connectivity index (χ0v) is 21.2. The fraction of sp³-hybridized carbons (Fsp3) is 0.516. The largest absolute Gasteiger partial charge is 0.221 e. The fourth-order valence-electron chi connectivity index (χ4n) is 7.44. The third-order valence-electron chi connectivity index (χ3n) is 9.55. The van der Waals surface area contributed by atoms with Crippen LogP contribution in [0.3, 0.4) is 0 Å². The summed E-state index contributed by atoms with van der Waals surface area (Å²) in [5, 5.41) is 2.92. The smallest absolute Gasteiger partial charge is 0.192 e. The Labute approximate surface area is 194 Å². The normalized spacial score (nSPS) is 21.7. The predicted molar refractivity (Wildman–Crippen MR) is 137 cm³/mol. The molecule has 0 amide bonds. The van der Waals surface area contributed by atoms with Crippen molar-refractivity contribution >= 4 is 10.8 Å². The number of nitrogens with zero attached hydrogens (tertiary/aromatic N) is 1. The molecule has 0 radical (unpaired) electrons. The van der Waals surface area contributed by atoms with E-state index in [-0.39, 0.29) is 16.4 Å². The highest BCUT2D eigenvalue weighted by Gasteiger charge is 2.60. The van der Waals surface area contributed by atoms with Gasteiger partial charge in [0.25, 0.3) is 0 Å². The Kier molecular flexibility index (Phi) is 4.86. The second kappa shape index (κ2) is 7.17. The Bertz CT molecular complexity index is 1210. The summed E-state index contributed by atoms with van der Waals surface area (Å²) in [6.45, 7) is 16.9. The van der Waals surface area contributed by atoms with Crippen LogP contribution in [0.15, 0.2) is 42.6 Å². The maximum atomic E-state index is 2.69. The summed E-state index contributed by atoms with van der Waals surface area (Å²) in [5.74, 6) is 0. The average Bonchev–Trinajstić information content (AvgIpc) is 2.81. The number of rotatable bonds is 6. The van der Waals surface area contributed by atoms with Crippen molar-refractivity contribution in [3.05, 3.63) is 64.8 Å². The molecule has 0 saturated carbocycles. The van der Waals surface area contributed by atoms with Crippen LogP contribution < -0.4 is 4.57 Å². The van der Waals surface area contributed by atoms with Crippen molar-refractivity contribution in [1.29, 1.82) is 0 Å². The molecule has 0 fully saturated rings. The molecule has 0 saturated heterocycles. The maximum absolute atomic E-state index is 2.69. The molecule has 2 aliphatic rings. The van der Waals surface area contributed by atoms with E-state index in [4.69, 9.17) is 0 Å². The summed E-state index contributed by atoms with van der Waals surface area (Å²) >= 11 is 0. The topological polar surface area (TPSA) is 3.88 Å². The van der Waals surface area contributed by atoms with Crippen LogP contribution >= 0.6 is 0 Å². The van der Waals surface area contributed by atoms with Crippen molar-refractivity contribution < 1.29 is 4.57 Å². The van der Waals surface area contributed by atoms with Crippen LogP contribution in [0.25, 0.3) is 22.0 Å². The second-order valence-electron chi connectivity index (χ2n) is 11.0. The number of hydrogen-bond donors (Lipinski definition) is 0. The number of aryl methyl sites for hydroxylation is 1. The Balaban J connectivity index is 1.98. The van der Waals surface area contributed by atoms with Crippen LogP contribution in [0.5, 0.6) is 0 Å². The van der Waals surface area contributed by atoms with Crippen LogP contribution in [0.1, 0.15) is 103 Å². The van der Waals surface area contributed by atoms with Crippen molar-refractivity contribution in [3.8, 4) is 11.3 Å². The van der Waals surface area contributed by atoms with Crippen LogP contribution in [0, 0.1) is 0 Å². The minimum absolute atomic E-state index is 0.00514. The lowest BCUT2D eigenvalue weighted by atomic mass is 9.55. The Morgan fingerprint density at radius 1 is 0.812 bits per heavy atom. The Hall–Kier alpha value is -2.15. The molecule has 1 nitrogen and oxygen atoms in total. The molecule has 168 valence electrons. The summed E-state index contributed by atoms with van der Waals surface area (Å²) in [7, 11) is 0. The first-order valence-corrected chi connectivity index (χ1v) is 13.0. The SMILES string of the molecule is CCCCc1cc2c3c4[n+](ccc3c1)C(C)(CC)C(CC)(CC)c1cccc(c1-4)C2(C)C. The van der Waals surface area contributed by atoms with Gasteiger partial charge in [0.1, 0.15) is 0 Å². The minimum atomic E-state index is 0.00514. The van der Waals surface area contributed by atoms with Gasteiger partial charge in [-0.15, -0.1) is 0 Å². The van der Waals surface area contributed by atoms with E-state index in [1.54, 1.807) is 5.56 Å². The van der Waals surface area contributed by atoms with Crippen LogP contribution in [-0.4, -0.2) is 0 Å². The van der Waals surface area contributed by atoms with E-state index in [1.807, 2.05) is 0 Å². The highest BCUT2D eigenvalue weighted by Crippen LogP contribution is 2.58. The standard InChI is InChI=1S/C31H40N/c1-8-12-14-21-19-22-17-18-32-28-26(22)25(20-21)29(5,6)23-15-13-16-24(27(23)28)31(10-3,11-4)30(32,7)9-2/h13,15-20H,8-12,14H2,1-7H3/q+1. The summed E-state index contributed by atoms with van der Waals surface area (Å²) < 4.78 is 2.69. The molecule has 0 N–H and O–H groups in total. The van der Waals surface area contributed by atoms with Gasteiger partial charge in [-0.05, 0) is 53.3 Å². The van der Waals surface area contributed by atoms with E-state index in [1.165, 1.54) is 58.0 Å². The highest BCUT2D eigenvalue weighted by atomic mass is 15.1. The number of pyridine rings is 1. The van der Waals surface area contributed by atoms with Gasteiger partial charge in [0, 0.05) is 24.8 Å². The minimum Gasteiger partial charge on any atom is -0.192 e. The molecule has 0 spiro atoms. The van der Waals surface area contributed by atoms with Gasteiger partial charge in [-0.25, -0.2) is 0 Å². The van der Waals surface area contributed by atoms with E-state index in [2.05, 4.69) is 95.6 Å². The van der Waals surface area contributed by atoms with E-state index in [0.29, 0.717) is 0 Å². The van der Waals surface area contributed by atoms with Gasteiger partial charge in [-0.1, -0.05) is 78.3 Å². The van der Waals surface area contributed by atoms with Crippen molar-refractivity contribution in [2.24, 2.45) is 0 Å². The van der Waals surface area contributed by atoms with Gasteiger partial charge in [-0.2, -0.15) is 4.57 Å². The van der Waals surface area contributed by atoms with Gasteiger partial charge in [0.05, 0.1) is 16.4 Å². The van der Waals surface area contributed by atoms with Gasteiger partial charge in [0.15, 0.2) is 11.7 Å². The number of unbranched alkanes of at least 4 members (excludes halogenated alkanes) is 1. The van der Waals surface area contributed by atoms with Gasteiger partial charge >= 0.3 is 0 Å². The summed E-state index contributed by atoms with van der Waals surface area (Å²) in [5.41, 5.74) is 9.35. The van der Waals surface area contributed by atoms with E-state index >= 15 is 0 Å². The molecule has 2 aromatic carbocycles. The average molecular weight is 427 g/mol. The molecular formula is C31H40N+. The van der Waals surface area contributed by atoms with Crippen molar-refractivity contribution in [2.45, 2.75) is 103 Å². The van der Waals surface area contributed by atoms with E-state index < -0.39 is 0 Å². The van der Waals surface area contributed by atoms with Crippen LogP contribution in [-0.2, 0) is 22.8 Å². The number of aromatic nitrogens is 1. The molecular weight excluding hydrogens is 386 g/mol. The van der Waals surface area contributed by atoms with Gasteiger partial charge in [-0.3, -0.25) is 0 Å². The quantitative estimate of drug-likeness (QED) is 0.352. The van der Waals surface area contributed by atoms with Crippen molar-refractivity contribution in [3.63, 3.8) is 0 Å². The Morgan fingerprint density at radius 3 is 2.19 bits per heavy atom. The second-order valence-corrected chi connectivity index (χ2v) is 11.0. The first-order valence-electron chi connectivity index (χ1n) is 13.0. The molecule has 0 bridgehead atoms. The third kappa shape index (κ3) is 2.43. The van der Waals surface area contributed by atoms with Crippen molar-refractivity contribution in [2.75, 3.05) is 0 Å². The number of benzene rings is 2.